The van der Waals surface area contributed by atoms with E-state index in [0.29, 0.717) is 19.4 Å². The van der Waals surface area contributed by atoms with Gasteiger partial charge in [-0.05, 0) is 25.1 Å². The molecule has 1 fully saturated rings. The molecule has 0 saturated carbocycles. The molecule has 20 heavy (non-hydrogen) atoms. The summed E-state index contributed by atoms with van der Waals surface area (Å²) in [6.45, 7) is 5.73. The predicted molar refractivity (Wildman–Crippen MR) is 75.7 cm³/mol. The number of morpholine rings is 1. The molecule has 1 saturated heterocycles. The summed E-state index contributed by atoms with van der Waals surface area (Å²) in [6, 6.07) is 2.32. The number of allylic oxidation sites excluding steroid dienone is 1. The highest BCUT2D eigenvalue weighted by atomic mass is 16.5. The molecule has 108 valence electrons. The monoisotopic (exact) mass is 276 g/mol. The van der Waals surface area contributed by atoms with Gasteiger partial charge in [-0.3, -0.25) is 0 Å². The first-order valence-electron chi connectivity index (χ1n) is 6.95. The van der Waals surface area contributed by atoms with Crippen LogP contribution in [0.4, 0.5) is 0 Å². The fraction of sp³-hybridized carbons (Fsp3) is 0.467. The Morgan fingerprint density at radius 1 is 1.35 bits per heavy atom. The third-order valence-electron chi connectivity index (χ3n) is 3.60. The molecule has 1 aromatic heterocycles. The molecule has 2 aliphatic heterocycles. The van der Waals surface area contributed by atoms with Crippen LogP contribution >= 0.6 is 0 Å². The Morgan fingerprint density at radius 2 is 2.30 bits per heavy atom. The van der Waals surface area contributed by atoms with Crippen molar-refractivity contribution in [1.82, 2.24) is 10.2 Å². The van der Waals surface area contributed by atoms with Gasteiger partial charge in [0.25, 0.3) is 0 Å². The van der Waals surface area contributed by atoms with E-state index in [1.54, 1.807) is 12.5 Å². The standard InChI is InChI=1S/C15H20N2O3/c1-12-9-19-7-4-17(12)14-3-6-20-11-16-15(8-14)13-2-5-18-10-13/h2-3,5,8,10,12,16H,4,6-7,9,11H2,1H3/t12-/m1/s1. The van der Waals surface area contributed by atoms with Crippen LogP contribution in [0.2, 0.25) is 0 Å². The van der Waals surface area contributed by atoms with Crippen molar-refractivity contribution in [1.29, 1.82) is 0 Å². The highest BCUT2D eigenvalue weighted by Gasteiger charge is 2.21. The van der Waals surface area contributed by atoms with E-state index in [4.69, 9.17) is 13.9 Å². The Morgan fingerprint density at radius 3 is 3.10 bits per heavy atom. The number of rotatable bonds is 2. The molecule has 1 aromatic rings. The summed E-state index contributed by atoms with van der Waals surface area (Å²) in [6.07, 6.45) is 7.71. The smallest absolute Gasteiger partial charge is 0.116 e. The normalized spacial score (nSPS) is 24.2. The first-order valence-corrected chi connectivity index (χ1v) is 6.95. The quantitative estimate of drug-likeness (QED) is 0.892. The van der Waals surface area contributed by atoms with Crippen LogP contribution in [-0.4, -0.2) is 44.0 Å². The van der Waals surface area contributed by atoms with Crippen molar-refractivity contribution in [2.24, 2.45) is 0 Å². The van der Waals surface area contributed by atoms with Gasteiger partial charge in [0.2, 0.25) is 0 Å². The van der Waals surface area contributed by atoms with E-state index < -0.39 is 0 Å². The third kappa shape index (κ3) is 2.89. The zero-order chi connectivity index (χ0) is 13.8. The van der Waals surface area contributed by atoms with Crippen molar-refractivity contribution in [2.45, 2.75) is 13.0 Å². The molecule has 5 nitrogen and oxygen atoms in total. The lowest BCUT2D eigenvalue weighted by Gasteiger charge is -2.36. The second-order valence-electron chi connectivity index (χ2n) is 5.01. The predicted octanol–water partition coefficient (Wildman–Crippen LogP) is 1.80. The Labute approximate surface area is 118 Å². The van der Waals surface area contributed by atoms with Crippen LogP contribution in [0.3, 0.4) is 0 Å². The second kappa shape index (κ2) is 6.15. The average Bonchev–Trinajstić information content (AvgIpc) is 2.94. The Kier molecular flexibility index (Phi) is 4.08. The zero-order valence-corrected chi connectivity index (χ0v) is 11.7. The minimum absolute atomic E-state index is 0.372. The molecule has 3 rings (SSSR count). The molecule has 0 unspecified atom stereocenters. The number of furan rings is 1. The van der Waals surface area contributed by atoms with Gasteiger partial charge in [-0.2, -0.15) is 0 Å². The fourth-order valence-corrected chi connectivity index (χ4v) is 2.50. The van der Waals surface area contributed by atoms with Crippen LogP contribution in [0.1, 0.15) is 12.5 Å². The van der Waals surface area contributed by atoms with E-state index in [-0.39, 0.29) is 0 Å². The summed E-state index contributed by atoms with van der Waals surface area (Å²) in [5.41, 5.74) is 3.22. The summed E-state index contributed by atoms with van der Waals surface area (Å²) in [7, 11) is 0. The lowest BCUT2D eigenvalue weighted by atomic mass is 10.1. The number of hydrogen-bond acceptors (Lipinski definition) is 5. The molecular weight excluding hydrogens is 256 g/mol. The molecule has 2 aliphatic rings. The van der Waals surface area contributed by atoms with Crippen LogP contribution < -0.4 is 5.32 Å². The Bertz CT molecular complexity index is 493. The molecule has 1 atom stereocenters. The van der Waals surface area contributed by atoms with E-state index in [2.05, 4.69) is 29.3 Å². The van der Waals surface area contributed by atoms with Crippen LogP contribution in [0.15, 0.2) is 40.9 Å². The number of nitrogens with zero attached hydrogens (tertiary/aromatic N) is 1. The molecule has 0 spiro atoms. The van der Waals surface area contributed by atoms with E-state index in [1.165, 1.54) is 5.70 Å². The molecule has 0 aliphatic carbocycles. The maximum Gasteiger partial charge on any atom is 0.116 e. The second-order valence-corrected chi connectivity index (χ2v) is 5.01. The maximum atomic E-state index is 5.54. The number of hydrogen-bond donors (Lipinski definition) is 1. The van der Waals surface area contributed by atoms with Gasteiger partial charge in [0, 0.05) is 29.5 Å². The summed E-state index contributed by atoms with van der Waals surface area (Å²) in [5.74, 6) is 0. The van der Waals surface area contributed by atoms with E-state index in [0.717, 1.165) is 31.0 Å². The number of nitrogens with one attached hydrogen (secondary N) is 1. The summed E-state index contributed by atoms with van der Waals surface area (Å²) in [5, 5.41) is 3.29. The van der Waals surface area contributed by atoms with Crippen molar-refractivity contribution in [2.75, 3.05) is 33.1 Å². The number of ether oxygens (including phenoxy) is 2. The SMILES string of the molecule is C[C@@H]1COCCN1C1=CCOCNC(c2ccoc2)=C1. The summed E-state index contributed by atoms with van der Waals surface area (Å²) in [4.78, 5) is 2.36. The first-order chi connectivity index (χ1) is 9.84. The Balaban J connectivity index is 1.88. The molecule has 0 bridgehead atoms. The zero-order valence-electron chi connectivity index (χ0n) is 11.7. The maximum absolute atomic E-state index is 5.54. The Hall–Kier alpha value is -1.72. The van der Waals surface area contributed by atoms with Gasteiger partial charge >= 0.3 is 0 Å². The van der Waals surface area contributed by atoms with Gasteiger partial charge in [0.1, 0.15) is 6.73 Å². The van der Waals surface area contributed by atoms with Gasteiger partial charge in [0.15, 0.2) is 0 Å². The topological polar surface area (TPSA) is 46.9 Å². The van der Waals surface area contributed by atoms with Crippen LogP contribution in [0.5, 0.6) is 0 Å². The highest BCUT2D eigenvalue weighted by molar-refractivity contribution is 5.65. The van der Waals surface area contributed by atoms with Gasteiger partial charge in [-0.25, -0.2) is 0 Å². The van der Waals surface area contributed by atoms with Crippen molar-refractivity contribution in [3.05, 3.63) is 42.0 Å². The van der Waals surface area contributed by atoms with Crippen LogP contribution in [0, 0.1) is 0 Å². The van der Waals surface area contributed by atoms with Crippen molar-refractivity contribution in [3.8, 4) is 0 Å². The van der Waals surface area contributed by atoms with Crippen molar-refractivity contribution >= 4 is 5.70 Å². The minimum Gasteiger partial charge on any atom is -0.472 e. The van der Waals surface area contributed by atoms with Gasteiger partial charge < -0.3 is 24.1 Å². The van der Waals surface area contributed by atoms with Gasteiger partial charge in [-0.1, -0.05) is 0 Å². The lowest BCUT2D eigenvalue weighted by Crippen LogP contribution is -2.43. The average molecular weight is 276 g/mol. The first kappa shape index (κ1) is 13.3. The van der Waals surface area contributed by atoms with E-state index in [1.807, 2.05) is 6.07 Å². The molecule has 1 N–H and O–H groups in total. The third-order valence-corrected chi connectivity index (χ3v) is 3.60. The van der Waals surface area contributed by atoms with Crippen LogP contribution in [-0.2, 0) is 9.47 Å². The highest BCUT2D eigenvalue weighted by Crippen LogP contribution is 2.21. The molecule has 5 heteroatoms. The van der Waals surface area contributed by atoms with E-state index in [9.17, 15) is 0 Å². The molecule has 0 radical (unpaired) electrons. The molecular formula is C15H20N2O3. The summed E-state index contributed by atoms with van der Waals surface area (Å²) >= 11 is 0. The molecule has 3 heterocycles. The largest absolute Gasteiger partial charge is 0.472 e. The lowest BCUT2D eigenvalue weighted by molar-refractivity contribution is 0.0180. The van der Waals surface area contributed by atoms with E-state index >= 15 is 0 Å². The molecule has 0 aromatic carbocycles. The summed E-state index contributed by atoms with van der Waals surface area (Å²) < 4.78 is 16.2. The fourth-order valence-electron chi connectivity index (χ4n) is 2.50. The molecule has 0 amide bonds. The van der Waals surface area contributed by atoms with Gasteiger partial charge in [-0.15, -0.1) is 0 Å². The van der Waals surface area contributed by atoms with Crippen molar-refractivity contribution < 1.29 is 13.9 Å². The van der Waals surface area contributed by atoms with Gasteiger partial charge in [0.05, 0.1) is 32.3 Å². The van der Waals surface area contributed by atoms with Crippen LogP contribution in [0.25, 0.3) is 5.70 Å². The minimum atomic E-state index is 0.372. The van der Waals surface area contributed by atoms with Crippen molar-refractivity contribution in [3.63, 3.8) is 0 Å².